The van der Waals surface area contributed by atoms with Crippen LogP contribution in [0.15, 0.2) is 53.6 Å². The fraction of sp³-hybridized carbons (Fsp3) is 0.400. The van der Waals surface area contributed by atoms with Gasteiger partial charge < -0.3 is 0 Å². The zero-order valence-electron chi connectivity index (χ0n) is 12.9. The molecular weight excluding hydrogens is 286 g/mol. The molecule has 4 aliphatic rings. The van der Waals surface area contributed by atoms with Crippen molar-refractivity contribution in [2.24, 2.45) is 23.7 Å². The summed E-state index contributed by atoms with van der Waals surface area (Å²) < 4.78 is 0. The first kappa shape index (κ1) is 13.3. The SMILES string of the molecule is O=C1[C@H]2[C@H](C(=O)N1c1ccccc1)[C@H]1C=C[C@H]2C1=C1CCCC1. The van der Waals surface area contributed by atoms with Crippen molar-refractivity contribution in [3.8, 4) is 0 Å². The third-order valence-corrected chi connectivity index (χ3v) is 6.05. The summed E-state index contributed by atoms with van der Waals surface area (Å²) in [6.07, 6.45) is 9.21. The van der Waals surface area contributed by atoms with Gasteiger partial charge >= 0.3 is 0 Å². The highest BCUT2D eigenvalue weighted by Gasteiger charge is 2.62. The number of carbonyl (C=O) groups is 2. The van der Waals surface area contributed by atoms with Crippen molar-refractivity contribution < 1.29 is 9.59 Å². The molecule has 0 aromatic heterocycles. The van der Waals surface area contributed by atoms with E-state index in [0.717, 1.165) is 12.8 Å². The van der Waals surface area contributed by atoms with Crippen molar-refractivity contribution in [2.45, 2.75) is 25.7 Å². The fourth-order valence-electron chi connectivity index (χ4n) is 5.16. The van der Waals surface area contributed by atoms with Crippen LogP contribution in [0.4, 0.5) is 5.69 Å². The van der Waals surface area contributed by atoms with Gasteiger partial charge in [0.2, 0.25) is 11.8 Å². The topological polar surface area (TPSA) is 37.4 Å². The van der Waals surface area contributed by atoms with Crippen molar-refractivity contribution in [1.82, 2.24) is 0 Å². The highest BCUT2D eigenvalue weighted by molar-refractivity contribution is 6.23. The largest absolute Gasteiger partial charge is 0.274 e. The normalized spacial score (nSPS) is 34.9. The van der Waals surface area contributed by atoms with Crippen molar-refractivity contribution in [3.63, 3.8) is 0 Å². The van der Waals surface area contributed by atoms with Crippen LogP contribution in [0.2, 0.25) is 0 Å². The second-order valence-corrected chi connectivity index (χ2v) is 7.10. The average molecular weight is 305 g/mol. The van der Waals surface area contributed by atoms with Crippen molar-refractivity contribution in [3.05, 3.63) is 53.6 Å². The predicted molar refractivity (Wildman–Crippen MR) is 87.5 cm³/mol. The number of hydrogen-bond acceptors (Lipinski definition) is 2. The summed E-state index contributed by atoms with van der Waals surface area (Å²) in [5.41, 5.74) is 3.67. The Morgan fingerprint density at radius 1 is 0.826 bits per heavy atom. The molecule has 1 aromatic carbocycles. The van der Waals surface area contributed by atoms with Gasteiger partial charge in [0.1, 0.15) is 0 Å². The summed E-state index contributed by atoms with van der Waals surface area (Å²) in [5, 5.41) is 0. The van der Waals surface area contributed by atoms with Gasteiger partial charge in [-0.15, -0.1) is 0 Å². The lowest BCUT2D eigenvalue weighted by molar-refractivity contribution is -0.122. The first-order valence-electron chi connectivity index (χ1n) is 8.60. The second kappa shape index (κ2) is 4.67. The Hall–Kier alpha value is -2.16. The maximum atomic E-state index is 13.0. The Morgan fingerprint density at radius 3 is 1.96 bits per heavy atom. The number of nitrogens with zero attached hydrogens (tertiary/aromatic N) is 1. The third-order valence-electron chi connectivity index (χ3n) is 6.05. The van der Waals surface area contributed by atoms with Gasteiger partial charge in [-0.25, -0.2) is 4.90 Å². The molecule has 1 heterocycles. The van der Waals surface area contributed by atoms with E-state index >= 15 is 0 Å². The predicted octanol–water partition coefficient (Wildman–Crippen LogP) is 3.48. The van der Waals surface area contributed by atoms with Crippen LogP contribution in [0.3, 0.4) is 0 Å². The van der Waals surface area contributed by atoms with Crippen LogP contribution in [-0.4, -0.2) is 11.8 Å². The number of fused-ring (bicyclic) bond motifs is 5. The number of amides is 2. The molecule has 1 aromatic rings. The van der Waals surface area contributed by atoms with Gasteiger partial charge in [-0.3, -0.25) is 9.59 Å². The molecular formula is C20H19NO2. The second-order valence-electron chi connectivity index (χ2n) is 7.10. The summed E-state index contributed by atoms with van der Waals surface area (Å²) in [6.45, 7) is 0. The molecule has 1 saturated heterocycles. The molecule has 0 unspecified atom stereocenters. The summed E-state index contributed by atoms with van der Waals surface area (Å²) >= 11 is 0. The molecule has 4 atom stereocenters. The molecule has 2 amide bonds. The zero-order valence-corrected chi connectivity index (χ0v) is 12.9. The Balaban J connectivity index is 1.57. The number of anilines is 1. The van der Waals surface area contributed by atoms with E-state index in [2.05, 4.69) is 12.2 Å². The Labute approximate surface area is 135 Å². The molecule has 23 heavy (non-hydrogen) atoms. The molecule has 0 radical (unpaired) electrons. The molecule has 3 fully saturated rings. The standard InChI is InChI=1S/C20H19NO2/c22-19-17-14-10-11-15(16(14)12-6-4-5-7-12)18(17)20(23)21(19)13-8-2-1-3-9-13/h1-3,8-11,14-15,17-18H,4-7H2/t14-,15-,17+,18+/m0/s1. The maximum absolute atomic E-state index is 13.0. The number of allylic oxidation sites excluding steroid dienone is 4. The number of benzene rings is 1. The molecule has 2 bridgehead atoms. The van der Waals surface area contributed by atoms with Gasteiger partial charge in [0.05, 0.1) is 17.5 Å². The zero-order chi connectivity index (χ0) is 15.6. The van der Waals surface area contributed by atoms with E-state index in [1.165, 1.54) is 28.9 Å². The minimum Gasteiger partial charge on any atom is -0.274 e. The van der Waals surface area contributed by atoms with Gasteiger partial charge in [0, 0.05) is 11.8 Å². The van der Waals surface area contributed by atoms with E-state index in [4.69, 9.17) is 0 Å². The molecule has 3 aliphatic carbocycles. The van der Waals surface area contributed by atoms with Crippen LogP contribution in [0.25, 0.3) is 0 Å². The van der Waals surface area contributed by atoms with E-state index in [0.29, 0.717) is 5.69 Å². The number of rotatable bonds is 1. The monoisotopic (exact) mass is 305 g/mol. The van der Waals surface area contributed by atoms with Gasteiger partial charge in [-0.05, 0) is 37.8 Å². The first-order valence-corrected chi connectivity index (χ1v) is 8.60. The Bertz CT molecular complexity index is 719. The minimum atomic E-state index is -0.166. The lowest BCUT2D eigenvalue weighted by atomic mass is 9.85. The molecule has 0 spiro atoms. The van der Waals surface area contributed by atoms with Crippen LogP contribution >= 0.6 is 0 Å². The summed E-state index contributed by atoms with van der Waals surface area (Å²) in [5.74, 6) is 0.00595. The number of imide groups is 1. The Morgan fingerprint density at radius 2 is 1.39 bits per heavy atom. The Kier molecular flexibility index (Phi) is 2.70. The average Bonchev–Trinajstić information content (AvgIpc) is 3.31. The highest BCUT2D eigenvalue weighted by atomic mass is 16.2. The van der Waals surface area contributed by atoms with Crippen molar-refractivity contribution >= 4 is 17.5 Å². The first-order chi connectivity index (χ1) is 11.3. The van der Waals surface area contributed by atoms with Gasteiger partial charge in [0.25, 0.3) is 0 Å². The van der Waals surface area contributed by atoms with Gasteiger partial charge in [-0.1, -0.05) is 41.5 Å². The third kappa shape index (κ3) is 1.65. The molecule has 0 N–H and O–H groups in total. The summed E-state index contributed by atoms with van der Waals surface area (Å²) in [4.78, 5) is 27.4. The van der Waals surface area contributed by atoms with Gasteiger partial charge in [0.15, 0.2) is 0 Å². The van der Waals surface area contributed by atoms with Crippen LogP contribution in [0.1, 0.15) is 25.7 Å². The smallest absolute Gasteiger partial charge is 0.238 e. The lowest BCUT2D eigenvalue weighted by Crippen LogP contribution is -2.33. The van der Waals surface area contributed by atoms with E-state index in [-0.39, 0.29) is 35.5 Å². The van der Waals surface area contributed by atoms with Crippen molar-refractivity contribution in [1.29, 1.82) is 0 Å². The van der Waals surface area contributed by atoms with Gasteiger partial charge in [-0.2, -0.15) is 0 Å². The molecule has 3 heteroatoms. The highest BCUT2D eigenvalue weighted by Crippen LogP contribution is 2.58. The molecule has 116 valence electrons. The molecule has 3 nitrogen and oxygen atoms in total. The number of carbonyl (C=O) groups excluding carboxylic acids is 2. The van der Waals surface area contributed by atoms with Crippen LogP contribution in [-0.2, 0) is 9.59 Å². The fourth-order valence-corrected chi connectivity index (χ4v) is 5.16. The quantitative estimate of drug-likeness (QED) is 0.588. The lowest BCUT2D eigenvalue weighted by Gasteiger charge is -2.19. The number of para-hydroxylation sites is 1. The van der Waals surface area contributed by atoms with E-state index in [1.54, 1.807) is 0 Å². The summed E-state index contributed by atoms with van der Waals surface area (Å²) in [6, 6.07) is 9.36. The molecule has 5 rings (SSSR count). The molecule has 2 saturated carbocycles. The van der Waals surface area contributed by atoms with Crippen molar-refractivity contribution in [2.75, 3.05) is 4.90 Å². The van der Waals surface area contributed by atoms with E-state index in [1.807, 2.05) is 30.3 Å². The summed E-state index contributed by atoms with van der Waals surface area (Å²) in [7, 11) is 0. The number of hydrogen-bond donors (Lipinski definition) is 0. The maximum Gasteiger partial charge on any atom is 0.238 e. The van der Waals surface area contributed by atoms with E-state index < -0.39 is 0 Å². The van der Waals surface area contributed by atoms with Crippen LogP contribution in [0.5, 0.6) is 0 Å². The molecule has 1 aliphatic heterocycles. The van der Waals surface area contributed by atoms with E-state index in [9.17, 15) is 9.59 Å². The van der Waals surface area contributed by atoms with Crippen LogP contribution in [0, 0.1) is 23.7 Å². The van der Waals surface area contributed by atoms with Crippen LogP contribution < -0.4 is 4.90 Å². The minimum absolute atomic E-state index is 0.000790.